The molecule has 0 atom stereocenters. The largest absolute Gasteiger partial charge is 0.455 e. The molecule has 0 fully saturated rings. The summed E-state index contributed by atoms with van der Waals surface area (Å²) < 4.78 is 18.2. The standard InChI is InChI=1S/C15H13FN2O4S/c16-11-4-2-1-3-9(11)7-13(20)22-8-12(19)18-15-10(14(17)21)5-6-23-15/h1-6H,7-8H2,(H2,17,21)(H,18,19). The van der Waals surface area contributed by atoms with E-state index >= 15 is 0 Å². The predicted molar refractivity (Wildman–Crippen MR) is 82.5 cm³/mol. The Morgan fingerprint density at radius 2 is 1.96 bits per heavy atom. The number of benzene rings is 1. The highest BCUT2D eigenvalue weighted by Crippen LogP contribution is 2.22. The third-order valence-corrected chi connectivity index (χ3v) is 3.67. The van der Waals surface area contributed by atoms with Gasteiger partial charge < -0.3 is 15.8 Å². The molecule has 23 heavy (non-hydrogen) atoms. The van der Waals surface area contributed by atoms with E-state index in [2.05, 4.69) is 5.32 Å². The van der Waals surface area contributed by atoms with Crippen LogP contribution in [0.2, 0.25) is 0 Å². The molecule has 0 radical (unpaired) electrons. The molecular formula is C15H13FN2O4S. The highest BCUT2D eigenvalue weighted by atomic mass is 32.1. The minimum atomic E-state index is -0.730. The normalized spacial score (nSPS) is 10.1. The summed E-state index contributed by atoms with van der Waals surface area (Å²) in [5.41, 5.74) is 5.52. The van der Waals surface area contributed by atoms with E-state index in [0.29, 0.717) is 0 Å². The number of hydrogen-bond donors (Lipinski definition) is 2. The minimum Gasteiger partial charge on any atom is -0.455 e. The van der Waals surface area contributed by atoms with Crippen molar-refractivity contribution >= 4 is 34.1 Å². The minimum absolute atomic E-state index is 0.182. The average Bonchev–Trinajstić information content (AvgIpc) is 2.96. The number of amides is 2. The highest BCUT2D eigenvalue weighted by Gasteiger charge is 2.14. The van der Waals surface area contributed by atoms with Gasteiger partial charge in [-0.3, -0.25) is 14.4 Å². The summed E-state index contributed by atoms with van der Waals surface area (Å²) in [6.45, 7) is -0.538. The van der Waals surface area contributed by atoms with Crippen molar-refractivity contribution in [1.29, 1.82) is 0 Å². The van der Waals surface area contributed by atoms with Gasteiger partial charge in [0, 0.05) is 0 Å². The molecule has 2 rings (SSSR count). The van der Waals surface area contributed by atoms with Gasteiger partial charge in [-0.2, -0.15) is 0 Å². The number of primary amides is 1. The fraction of sp³-hybridized carbons (Fsp3) is 0.133. The first-order valence-electron chi connectivity index (χ1n) is 6.53. The zero-order chi connectivity index (χ0) is 16.8. The monoisotopic (exact) mass is 336 g/mol. The van der Waals surface area contributed by atoms with E-state index in [4.69, 9.17) is 10.5 Å². The number of nitrogens with one attached hydrogen (secondary N) is 1. The third kappa shape index (κ3) is 4.62. The van der Waals surface area contributed by atoms with Crippen LogP contribution in [0.25, 0.3) is 0 Å². The maximum Gasteiger partial charge on any atom is 0.310 e. The molecule has 0 spiro atoms. The number of ether oxygens (including phenoxy) is 1. The van der Waals surface area contributed by atoms with Crippen molar-refractivity contribution in [3.8, 4) is 0 Å². The fourth-order valence-electron chi connectivity index (χ4n) is 1.76. The maximum absolute atomic E-state index is 13.4. The number of halogens is 1. The molecule has 0 aliphatic heterocycles. The van der Waals surface area contributed by atoms with E-state index in [9.17, 15) is 18.8 Å². The summed E-state index contributed by atoms with van der Waals surface area (Å²) in [7, 11) is 0. The van der Waals surface area contributed by atoms with Crippen molar-refractivity contribution in [2.75, 3.05) is 11.9 Å². The summed E-state index contributed by atoms with van der Waals surface area (Å²) >= 11 is 1.12. The molecule has 3 N–H and O–H groups in total. The first-order chi connectivity index (χ1) is 11.0. The Kier molecular flexibility index (Phi) is 5.42. The van der Waals surface area contributed by atoms with Crippen LogP contribution >= 0.6 is 11.3 Å². The van der Waals surface area contributed by atoms with Gasteiger partial charge in [0.1, 0.15) is 10.8 Å². The number of esters is 1. The van der Waals surface area contributed by atoms with Crippen LogP contribution in [0.3, 0.4) is 0 Å². The number of hydrogen-bond acceptors (Lipinski definition) is 5. The van der Waals surface area contributed by atoms with Gasteiger partial charge in [-0.25, -0.2) is 4.39 Å². The Morgan fingerprint density at radius 3 is 2.65 bits per heavy atom. The summed E-state index contributed by atoms with van der Waals surface area (Å²) in [5.74, 6) is -2.53. The number of nitrogens with two attached hydrogens (primary N) is 1. The topological polar surface area (TPSA) is 98.5 Å². The van der Waals surface area contributed by atoms with Gasteiger partial charge in [0.05, 0.1) is 12.0 Å². The number of rotatable bonds is 6. The van der Waals surface area contributed by atoms with Gasteiger partial charge >= 0.3 is 5.97 Å². The second kappa shape index (κ2) is 7.50. The lowest BCUT2D eigenvalue weighted by molar-refractivity contribution is -0.146. The Balaban J connectivity index is 1.84. The molecular weight excluding hydrogens is 323 g/mol. The summed E-state index contributed by atoms with van der Waals surface area (Å²) in [5, 5.41) is 4.31. The van der Waals surface area contributed by atoms with Gasteiger partial charge in [0.15, 0.2) is 6.61 Å². The Bertz CT molecular complexity index is 745. The van der Waals surface area contributed by atoms with Crippen molar-refractivity contribution in [2.45, 2.75) is 6.42 Å². The lowest BCUT2D eigenvalue weighted by Gasteiger charge is -2.07. The number of anilines is 1. The summed E-state index contributed by atoms with van der Waals surface area (Å²) in [6.07, 6.45) is -0.272. The molecule has 8 heteroatoms. The maximum atomic E-state index is 13.4. The first kappa shape index (κ1) is 16.6. The molecule has 1 aromatic heterocycles. The second-order valence-corrected chi connectivity index (χ2v) is 5.42. The molecule has 6 nitrogen and oxygen atoms in total. The van der Waals surface area contributed by atoms with Crippen LogP contribution in [0.4, 0.5) is 9.39 Å². The average molecular weight is 336 g/mol. The van der Waals surface area contributed by atoms with Crippen molar-refractivity contribution in [1.82, 2.24) is 0 Å². The molecule has 120 valence electrons. The molecule has 2 aromatic rings. The SMILES string of the molecule is NC(=O)c1ccsc1NC(=O)COC(=O)Cc1ccccc1F. The van der Waals surface area contributed by atoms with E-state index in [0.717, 1.165) is 11.3 Å². The third-order valence-electron chi connectivity index (χ3n) is 2.84. The van der Waals surface area contributed by atoms with Gasteiger partial charge in [-0.15, -0.1) is 11.3 Å². The Hall–Kier alpha value is -2.74. The van der Waals surface area contributed by atoms with Crippen molar-refractivity contribution < 1.29 is 23.5 Å². The molecule has 0 unspecified atom stereocenters. The zero-order valence-corrected chi connectivity index (χ0v) is 12.7. The van der Waals surface area contributed by atoms with Gasteiger partial charge in [-0.05, 0) is 23.1 Å². The van der Waals surface area contributed by atoms with Gasteiger partial charge in [0.25, 0.3) is 11.8 Å². The zero-order valence-electron chi connectivity index (χ0n) is 11.9. The van der Waals surface area contributed by atoms with E-state index < -0.39 is 30.2 Å². The van der Waals surface area contributed by atoms with Gasteiger partial charge in [0.2, 0.25) is 0 Å². The van der Waals surface area contributed by atoms with Crippen LogP contribution in [-0.4, -0.2) is 24.4 Å². The quantitative estimate of drug-likeness (QED) is 0.785. The molecule has 0 saturated carbocycles. The molecule has 0 aliphatic carbocycles. The number of carbonyl (C=O) groups is 3. The molecule has 0 bridgehead atoms. The number of thiophene rings is 1. The lowest BCUT2D eigenvalue weighted by atomic mass is 10.1. The first-order valence-corrected chi connectivity index (χ1v) is 7.41. The van der Waals surface area contributed by atoms with E-state index in [1.54, 1.807) is 11.4 Å². The fourth-order valence-corrected chi connectivity index (χ4v) is 2.57. The van der Waals surface area contributed by atoms with Crippen LogP contribution in [0.5, 0.6) is 0 Å². The highest BCUT2D eigenvalue weighted by molar-refractivity contribution is 7.14. The van der Waals surface area contributed by atoms with Crippen LogP contribution < -0.4 is 11.1 Å². The molecule has 0 saturated heterocycles. The second-order valence-electron chi connectivity index (χ2n) is 4.50. The van der Waals surface area contributed by atoms with Gasteiger partial charge in [-0.1, -0.05) is 18.2 Å². The van der Waals surface area contributed by atoms with Crippen LogP contribution in [0.15, 0.2) is 35.7 Å². The van der Waals surface area contributed by atoms with Crippen molar-refractivity contribution in [3.05, 3.63) is 52.7 Å². The Labute approximate surface area is 135 Å². The molecule has 0 aliphatic rings. The van der Waals surface area contributed by atoms with Crippen LogP contribution in [-0.2, 0) is 20.7 Å². The smallest absolute Gasteiger partial charge is 0.310 e. The summed E-state index contributed by atoms with van der Waals surface area (Å²) in [4.78, 5) is 34.4. The van der Waals surface area contributed by atoms with E-state index in [1.807, 2.05) is 0 Å². The summed E-state index contributed by atoms with van der Waals surface area (Å²) in [6, 6.07) is 7.28. The molecule has 1 heterocycles. The molecule has 2 amide bonds. The van der Waals surface area contributed by atoms with Crippen LogP contribution in [0.1, 0.15) is 15.9 Å². The van der Waals surface area contributed by atoms with E-state index in [1.165, 1.54) is 24.3 Å². The molecule has 1 aromatic carbocycles. The number of carbonyl (C=O) groups excluding carboxylic acids is 3. The van der Waals surface area contributed by atoms with Crippen LogP contribution in [0, 0.1) is 5.82 Å². The van der Waals surface area contributed by atoms with Crippen molar-refractivity contribution in [3.63, 3.8) is 0 Å². The lowest BCUT2D eigenvalue weighted by Crippen LogP contribution is -2.23. The van der Waals surface area contributed by atoms with E-state index in [-0.39, 0.29) is 22.5 Å². The predicted octanol–water partition coefficient (Wildman–Crippen LogP) is 1.71. The Morgan fingerprint density at radius 1 is 1.22 bits per heavy atom. The van der Waals surface area contributed by atoms with Crippen molar-refractivity contribution in [2.24, 2.45) is 5.73 Å².